The lowest BCUT2D eigenvalue weighted by atomic mass is 10.1. The monoisotopic (exact) mass is 301 g/mol. The third-order valence-corrected chi connectivity index (χ3v) is 4.98. The van der Waals surface area contributed by atoms with E-state index in [4.69, 9.17) is 4.74 Å². The number of nitrogens with one attached hydrogen (secondary N) is 1. The fourth-order valence-electron chi connectivity index (χ4n) is 2.57. The van der Waals surface area contributed by atoms with Crippen molar-refractivity contribution in [2.75, 3.05) is 13.2 Å². The molecule has 0 saturated carbocycles. The minimum absolute atomic E-state index is 0.000723. The Morgan fingerprint density at radius 1 is 1.38 bits per heavy atom. The van der Waals surface area contributed by atoms with Crippen LogP contribution >= 0.6 is 11.3 Å². The number of amides is 1. The van der Waals surface area contributed by atoms with Crippen LogP contribution in [0, 0.1) is 6.92 Å². The highest BCUT2D eigenvalue weighted by Crippen LogP contribution is 2.32. The van der Waals surface area contributed by atoms with Crippen LogP contribution in [0.4, 0.5) is 0 Å². The van der Waals surface area contributed by atoms with E-state index in [1.165, 1.54) is 0 Å². The Morgan fingerprint density at radius 3 is 2.90 bits per heavy atom. The summed E-state index contributed by atoms with van der Waals surface area (Å²) < 4.78 is 5.53. The van der Waals surface area contributed by atoms with Crippen LogP contribution in [0.25, 0.3) is 10.4 Å². The summed E-state index contributed by atoms with van der Waals surface area (Å²) in [5.74, 6) is 0.000723. The van der Waals surface area contributed by atoms with E-state index >= 15 is 0 Å². The number of thiophene rings is 1. The number of hydrogen-bond acceptors (Lipinski definition) is 3. The van der Waals surface area contributed by atoms with Crippen LogP contribution in [-0.4, -0.2) is 25.2 Å². The van der Waals surface area contributed by atoms with Crippen LogP contribution in [0.1, 0.15) is 28.1 Å². The van der Waals surface area contributed by atoms with Crippen molar-refractivity contribution in [3.05, 3.63) is 46.8 Å². The molecule has 2 heterocycles. The fourth-order valence-corrected chi connectivity index (χ4v) is 3.66. The number of aryl methyl sites for hydroxylation is 1. The summed E-state index contributed by atoms with van der Waals surface area (Å²) in [6, 6.07) is 12.2. The molecule has 1 amide bonds. The second kappa shape index (κ2) is 6.41. The van der Waals surface area contributed by atoms with E-state index in [-0.39, 0.29) is 12.0 Å². The molecule has 1 atom stereocenters. The number of hydrogen-bond donors (Lipinski definition) is 1. The molecule has 1 N–H and O–H groups in total. The van der Waals surface area contributed by atoms with Crippen molar-refractivity contribution in [3.63, 3.8) is 0 Å². The van der Waals surface area contributed by atoms with Gasteiger partial charge in [-0.1, -0.05) is 30.3 Å². The molecule has 4 heteroatoms. The Kier molecular flexibility index (Phi) is 4.36. The second-order valence-corrected chi connectivity index (χ2v) is 6.39. The van der Waals surface area contributed by atoms with E-state index in [0.717, 1.165) is 40.3 Å². The van der Waals surface area contributed by atoms with E-state index < -0.39 is 0 Å². The Morgan fingerprint density at radius 2 is 2.19 bits per heavy atom. The summed E-state index contributed by atoms with van der Waals surface area (Å²) >= 11 is 1.55. The molecule has 0 spiro atoms. The normalized spacial score (nSPS) is 17.9. The molecule has 2 aromatic rings. The zero-order chi connectivity index (χ0) is 14.7. The summed E-state index contributed by atoms with van der Waals surface area (Å²) in [7, 11) is 0. The Bertz CT molecular complexity index is 615. The zero-order valence-electron chi connectivity index (χ0n) is 12.1. The number of carbonyl (C=O) groups excluding carboxylic acids is 1. The van der Waals surface area contributed by atoms with Crippen LogP contribution in [0.15, 0.2) is 36.4 Å². The summed E-state index contributed by atoms with van der Waals surface area (Å²) in [5.41, 5.74) is 2.31. The maximum Gasteiger partial charge on any atom is 0.261 e. The topological polar surface area (TPSA) is 38.3 Å². The molecule has 21 heavy (non-hydrogen) atoms. The molecule has 1 aliphatic heterocycles. The van der Waals surface area contributed by atoms with Gasteiger partial charge in [-0.15, -0.1) is 11.3 Å². The van der Waals surface area contributed by atoms with Gasteiger partial charge in [0.2, 0.25) is 0 Å². The van der Waals surface area contributed by atoms with Crippen molar-refractivity contribution < 1.29 is 9.53 Å². The van der Waals surface area contributed by atoms with E-state index in [9.17, 15) is 4.79 Å². The van der Waals surface area contributed by atoms with Crippen molar-refractivity contribution in [1.82, 2.24) is 5.32 Å². The van der Waals surface area contributed by atoms with Crippen LogP contribution in [-0.2, 0) is 4.74 Å². The highest BCUT2D eigenvalue weighted by Gasteiger charge is 2.18. The standard InChI is InChI=1S/C17H19NO2S/c1-12-10-15(17(19)18-11-14-8-5-9-20-14)21-16(12)13-6-3-2-4-7-13/h2-4,6-7,10,14H,5,8-9,11H2,1H3,(H,18,19)/t14-/m0/s1. The van der Waals surface area contributed by atoms with Crippen molar-refractivity contribution in [2.45, 2.75) is 25.9 Å². The minimum atomic E-state index is 0.000723. The van der Waals surface area contributed by atoms with Crippen LogP contribution in [0.3, 0.4) is 0 Å². The Balaban J connectivity index is 1.69. The molecule has 0 aliphatic carbocycles. The van der Waals surface area contributed by atoms with E-state index in [2.05, 4.69) is 24.4 Å². The minimum Gasteiger partial charge on any atom is -0.376 e. The lowest BCUT2D eigenvalue weighted by Crippen LogP contribution is -2.31. The van der Waals surface area contributed by atoms with Gasteiger partial charge in [0, 0.05) is 18.0 Å². The van der Waals surface area contributed by atoms with Crippen molar-refractivity contribution in [2.24, 2.45) is 0 Å². The molecule has 1 fully saturated rings. The first-order valence-corrected chi connectivity index (χ1v) is 8.11. The zero-order valence-corrected chi connectivity index (χ0v) is 12.9. The highest BCUT2D eigenvalue weighted by atomic mass is 32.1. The van der Waals surface area contributed by atoms with Crippen molar-refractivity contribution in [1.29, 1.82) is 0 Å². The number of carbonyl (C=O) groups is 1. The van der Waals surface area contributed by atoms with Crippen LogP contribution in [0.5, 0.6) is 0 Å². The van der Waals surface area contributed by atoms with Gasteiger partial charge in [0.25, 0.3) is 5.91 Å². The molecular weight excluding hydrogens is 282 g/mol. The number of rotatable bonds is 4. The Labute approximate surface area is 129 Å². The molecule has 1 saturated heterocycles. The molecule has 0 bridgehead atoms. The van der Waals surface area contributed by atoms with Gasteiger partial charge >= 0.3 is 0 Å². The average molecular weight is 301 g/mol. The quantitative estimate of drug-likeness (QED) is 0.936. The van der Waals surface area contributed by atoms with Gasteiger partial charge in [-0.2, -0.15) is 0 Å². The summed E-state index contributed by atoms with van der Waals surface area (Å²) in [6.07, 6.45) is 2.32. The molecule has 0 unspecified atom stereocenters. The van der Waals surface area contributed by atoms with Gasteiger partial charge in [-0.25, -0.2) is 0 Å². The summed E-state index contributed by atoms with van der Waals surface area (Å²) in [6.45, 7) is 3.48. The van der Waals surface area contributed by atoms with Crippen LogP contribution < -0.4 is 5.32 Å². The maximum atomic E-state index is 12.2. The lowest BCUT2D eigenvalue weighted by molar-refractivity contribution is 0.0861. The average Bonchev–Trinajstić information content (AvgIpc) is 3.15. The molecule has 1 aromatic heterocycles. The third kappa shape index (κ3) is 3.34. The lowest BCUT2D eigenvalue weighted by Gasteiger charge is -2.09. The van der Waals surface area contributed by atoms with Crippen molar-refractivity contribution >= 4 is 17.2 Å². The number of ether oxygens (including phenoxy) is 1. The van der Waals surface area contributed by atoms with Gasteiger partial charge in [0.15, 0.2) is 0 Å². The van der Waals surface area contributed by atoms with Gasteiger partial charge < -0.3 is 10.1 Å². The number of benzene rings is 1. The van der Waals surface area contributed by atoms with Gasteiger partial charge in [-0.3, -0.25) is 4.79 Å². The highest BCUT2D eigenvalue weighted by molar-refractivity contribution is 7.17. The molecule has 0 radical (unpaired) electrons. The predicted octanol–water partition coefficient (Wildman–Crippen LogP) is 3.63. The molecule has 110 valence electrons. The first-order chi connectivity index (χ1) is 10.2. The molecular formula is C17H19NO2S. The second-order valence-electron chi connectivity index (χ2n) is 5.33. The maximum absolute atomic E-state index is 12.2. The molecule has 1 aliphatic rings. The van der Waals surface area contributed by atoms with E-state index in [0.29, 0.717) is 6.54 Å². The molecule has 3 rings (SSSR count). The SMILES string of the molecule is Cc1cc(C(=O)NC[C@@H]2CCCO2)sc1-c1ccccc1. The smallest absolute Gasteiger partial charge is 0.261 e. The van der Waals surface area contributed by atoms with Gasteiger partial charge in [-0.05, 0) is 37.0 Å². The van der Waals surface area contributed by atoms with Crippen molar-refractivity contribution in [3.8, 4) is 10.4 Å². The largest absolute Gasteiger partial charge is 0.376 e. The summed E-state index contributed by atoms with van der Waals surface area (Å²) in [5, 5.41) is 2.98. The third-order valence-electron chi connectivity index (χ3n) is 3.69. The van der Waals surface area contributed by atoms with Gasteiger partial charge in [0.1, 0.15) is 0 Å². The first kappa shape index (κ1) is 14.3. The predicted molar refractivity (Wildman–Crippen MR) is 85.8 cm³/mol. The van der Waals surface area contributed by atoms with Gasteiger partial charge in [0.05, 0.1) is 11.0 Å². The molecule has 3 nitrogen and oxygen atoms in total. The molecule has 1 aromatic carbocycles. The van der Waals surface area contributed by atoms with Crippen LogP contribution in [0.2, 0.25) is 0 Å². The fraction of sp³-hybridized carbons (Fsp3) is 0.353. The van der Waals surface area contributed by atoms with E-state index in [1.54, 1.807) is 11.3 Å². The first-order valence-electron chi connectivity index (χ1n) is 7.29. The Hall–Kier alpha value is -1.65. The van der Waals surface area contributed by atoms with E-state index in [1.807, 2.05) is 24.3 Å². The summed E-state index contributed by atoms with van der Waals surface area (Å²) in [4.78, 5) is 14.2.